The number of hydrogen-bond donors (Lipinski definition) is 1. The first-order valence-corrected chi connectivity index (χ1v) is 12.0. The summed E-state index contributed by atoms with van der Waals surface area (Å²) < 4.78 is 0.946. The molecule has 168 valence electrons. The van der Waals surface area contributed by atoms with Crippen molar-refractivity contribution in [1.82, 2.24) is 15.1 Å². The Labute approximate surface area is 197 Å². The van der Waals surface area contributed by atoms with E-state index in [9.17, 15) is 14.4 Å². The van der Waals surface area contributed by atoms with Crippen LogP contribution in [-0.4, -0.2) is 59.7 Å². The van der Waals surface area contributed by atoms with E-state index in [1.54, 1.807) is 0 Å². The highest BCUT2D eigenvalue weighted by molar-refractivity contribution is 9.10. The van der Waals surface area contributed by atoms with Gasteiger partial charge in [-0.25, -0.2) is 0 Å². The zero-order chi connectivity index (χ0) is 22.5. The van der Waals surface area contributed by atoms with Crippen LogP contribution in [-0.2, 0) is 4.79 Å². The monoisotopic (exact) mass is 497 g/mol. The molecule has 3 amide bonds. The van der Waals surface area contributed by atoms with Crippen molar-refractivity contribution in [2.24, 2.45) is 5.92 Å². The molecule has 1 N–H and O–H groups in total. The Morgan fingerprint density at radius 1 is 0.750 bits per heavy atom. The van der Waals surface area contributed by atoms with Gasteiger partial charge in [-0.05, 0) is 62.1 Å². The normalized spacial score (nSPS) is 17.8. The summed E-state index contributed by atoms with van der Waals surface area (Å²) in [5.74, 6) is 0.129. The molecule has 6 nitrogen and oxygen atoms in total. The summed E-state index contributed by atoms with van der Waals surface area (Å²) in [5, 5.41) is 3.09. The van der Waals surface area contributed by atoms with Gasteiger partial charge in [0.05, 0.1) is 0 Å². The number of carbonyl (C=O) groups excluding carboxylic acids is 3. The summed E-state index contributed by atoms with van der Waals surface area (Å²) in [5.41, 5.74) is 1.34. The molecule has 0 unspecified atom stereocenters. The van der Waals surface area contributed by atoms with Gasteiger partial charge >= 0.3 is 0 Å². The molecule has 2 fully saturated rings. The Hall–Kier alpha value is -2.67. The van der Waals surface area contributed by atoms with E-state index in [0.717, 1.165) is 17.3 Å². The molecular formula is C25H28BrN3O3. The molecule has 0 aliphatic carbocycles. The van der Waals surface area contributed by atoms with Gasteiger partial charge in [0, 0.05) is 53.7 Å². The second-order valence-corrected chi connectivity index (χ2v) is 9.43. The molecule has 2 aromatic rings. The standard InChI is InChI=1S/C25H28BrN3O3/c26-21-8-6-19(7-9-21)24(31)28-14-10-20(11-15-28)25(32)29-16-12-22(13-17-29)27-23(30)18-4-2-1-3-5-18/h1-9,20,22H,10-17H2,(H,27,30). The van der Waals surface area contributed by atoms with Crippen LogP contribution in [0, 0.1) is 5.92 Å². The molecule has 0 atom stereocenters. The minimum Gasteiger partial charge on any atom is -0.349 e. The van der Waals surface area contributed by atoms with Crippen LogP contribution in [0.5, 0.6) is 0 Å². The molecular weight excluding hydrogens is 470 g/mol. The van der Waals surface area contributed by atoms with Crippen LogP contribution in [0.15, 0.2) is 59.1 Å². The molecule has 2 aliphatic rings. The smallest absolute Gasteiger partial charge is 0.253 e. The predicted octanol–water partition coefficient (Wildman–Crippen LogP) is 3.72. The van der Waals surface area contributed by atoms with Crippen LogP contribution in [0.3, 0.4) is 0 Å². The summed E-state index contributed by atoms with van der Waals surface area (Å²) in [4.78, 5) is 41.8. The van der Waals surface area contributed by atoms with Crippen LogP contribution in [0.2, 0.25) is 0 Å². The first-order valence-electron chi connectivity index (χ1n) is 11.2. The molecule has 0 bridgehead atoms. The fourth-order valence-corrected chi connectivity index (χ4v) is 4.73. The second kappa shape index (κ2) is 10.3. The maximum atomic E-state index is 13.0. The van der Waals surface area contributed by atoms with E-state index in [1.165, 1.54) is 0 Å². The average molecular weight is 498 g/mol. The molecule has 32 heavy (non-hydrogen) atoms. The SMILES string of the molecule is O=C(NC1CCN(C(=O)C2CCN(C(=O)c3ccc(Br)cc3)CC2)CC1)c1ccccc1. The first-order chi connectivity index (χ1) is 15.5. The Balaban J connectivity index is 1.22. The second-order valence-electron chi connectivity index (χ2n) is 8.51. The predicted molar refractivity (Wildman–Crippen MR) is 126 cm³/mol. The Morgan fingerprint density at radius 2 is 1.34 bits per heavy atom. The number of halogens is 1. The number of hydrogen-bond acceptors (Lipinski definition) is 3. The van der Waals surface area contributed by atoms with E-state index in [0.29, 0.717) is 50.1 Å². The van der Waals surface area contributed by atoms with Crippen molar-refractivity contribution in [2.45, 2.75) is 31.7 Å². The van der Waals surface area contributed by atoms with Crippen molar-refractivity contribution in [3.63, 3.8) is 0 Å². The van der Waals surface area contributed by atoms with Gasteiger partial charge in [0.25, 0.3) is 11.8 Å². The van der Waals surface area contributed by atoms with Crippen LogP contribution < -0.4 is 5.32 Å². The van der Waals surface area contributed by atoms with Crippen molar-refractivity contribution in [3.05, 3.63) is 70.2 Å². The van der Waals surface area contributed by atoms with E-state index in [4.69, 9.17) is 0 Å². The van der Waals surface area contributed by atoms with Gasteiger partial charge < -0.3 is 15.1 Å². The lowest BCUT2D eigenvalue weighted by atomic mass is 9.93. The third-order valence-corrected chi connectivity index (χ3v) is 6.93. The number of rotatable bonds is 4. The summed E-state index contributed by atoms with van der Waals surface area (Å²) in [6, 6.07) is 16.7. The lowest BCUT2D eigenvalue weighted by molar-refractivity contribution is -0.138. The Morgan fingerprint density at radius 3 is 1.97 bits per heavy atom. The first kappa shape index (κ1) is 22.5. The molecule has 2 aliphatic heterocycles. The van der Waals surface area contributed by atoms with Crippen molar-refractivity contribution < 1.29 is 14.4 Å². The summed E-state index contributed by atoms with van der Waals surface area (Å²) in [7, 11) is 0. The Bertz CT molecular complexity index is 948. The van der Waals surface area contributed by atoms with Crippen molar-refractivity contribution in [3.8, 4) is 0 Å². The highest BCUT2D eigenvalue weighted by Gasteiger charge is 2.32. The van der Waals surface area contributed by atoms with Crippen molar-refractivity contribution in [1.29, 1.82) is 0 Å². The molecule has 0 saturated carbocycles. The lowest BCUT2D eigenvalue weighted by Crippen LogP contribution is -2.50. The molecule has 2 aromatic carbocycles. The van der Waals surface area contributed by atoms with Crippen LogP contribution in [0.1, 0.15) is 46.4 Å². The summed E-state index contributed by atoms with van der Waals surface area (Å²) >= 11 is 3.39. The zero-order valence-corrected chi connectivity index (χ0v) is 19.6. The van der Waals surface area contributed by atoms with Gasteiger partial charge in [-0.1, -0.05) is 34.1 Å². The third kappa shape index (κ3) is 5.38. The van der Waals surface area contributed by atoms with Gasteiger partial charge in [0.15, 0.2) is 0 Å². The molecule has 4 rings (SSSR count). The molecule has 0 spiro atoms. The number of piperidine rings is 2. The van der Waals surface area contributed by atoms with Gasteiger partial charge in [-0.2, -0.15) is 0 Å². The number of likely N-dealkylation sites (tertiary alicyclic amines) is 2. The van der Waals surface area contributed by atoms with Gasteiger partial charge in [0.2, 0.25) is 5.91 Å². The zero-order valence-electron chi connectivity index (χ0n) is 18.0. The summed E-state index contributed by atoms with van der Waals surface area (Å²) in [6.45, 7) is 2.54. The lowest BCUT2D eigenvalue weighted by Gasteiger charge is -2.37. The Kier molecular flexibility index (Phi) is 7.25. The molecule has 0 radical (unpaired) electrons. The minimum absolute atomic E-state index is 0.0263. The van der Waals surface area contributed by atoms with E-state index >= 15 is 0 Å². The summed E-state index contributed by atoms with van der Waals surface area (Å²) in [6.07, 6.45) is 2.94. The van der Waals surface area contributed by atoms with Crippen LogP contribution in [0.25, 0.3) is 0 Å². The quantitative estimate of drug-likeness (QED) is 0.699. The number of benzene rings is 2. The van der Waals surface area contributed by atoms with Crippen molar-refractivity contribution >= 4 is 33.7 Å². The van der Waals surface area contributed by atoms with E-state index < -0.39 is 0 Å². The fourth-order valence-electron chi connectivity index (χ4n) is 4.47. The fraction of sp³-hybridized carbons (Fsp3) is 0.400. The average Bonchev–Trinajstić information content (AvgIpc) is 2.85. The molecule has 2 heterocycles. The maximum Gasteiger partial charge on any atom is 0.253 e. The van der Waals surface area contributed by atoms with Crippen LogP contribution >= 0.6 is 15.9 Å². The number of amides is 3. The van der Waals surface area contributed by atoms with E-state index in [1.807, 2.05) is 64.4 Å². The van der Waals surface area contributed by atoms with E-state index in [2.05, 4.69) is 21.2 Å². The largest absolute Gasteiger partial charge is 0.349 e. The molecule has 7 heteroatoms. The van der Waals surface area contributed by atoms with Gasteiger partial charge in [0.1, 0.15) is 0 Å². The highest BCUT2D eigenvalue weighted by Crippen LogP contribution is 2.24. The van der Waals surface area contributed by atoms with Gasteiger partial charge in [-0.3, -0.25) is 14.4 Å². The minimum atomic E-state index is -0.0572. The van der Waals surface area contributed by atoms with E-state index in [-0.39, 0.29) is 29.7 Å². The number of nitrogens with zero attached hydrogens (tertiary/aromatic N) is 2. The third-order valence-electron chi connectivity index (χ3n) is 6.40. The number of nitrogens with one attached hydrogen (secondary N) is 1. The van der Waals surface area contributed by atoms with Gasteiger partial charge in [-0.15, -0.1) is 0 Å². The van der Waals surface area contributed by atoms with Crippen LogP contribution in [0.4, 0.5) is 0 Å². The topological polar surface area (TPSA) is 69.7 Å². The molecule has 2 saturated heterocycles. The number of carbonyl (C=O) groups is 3. The highest BCUT2D eigenvalue weighted by atomic mass is 79.9. The molecule has 0 aromatic heterocycles. The van der Waals surface area contributed by atoms with Crippen molar-refractivity contribution in [2.75, 3.05) is 26.2 Å². The maximum absolute atomic E-state index is 13.0.